The number of anilines is 1. The smallest absolute Gasteiger partial charge is 0.246 e. The largest absolute Gasteiger partial charge is 0.593 e. The Labute approximate surface area is 231 Å². The molecule has 0 bridgehead atoms. The van der Waals surface area contributed by atoms with Crippen molar-refractivity contribution < 1.29 is 13.7 Å². The fourth-order valence-corrected chi connectivity index (χ4v) is 6.20. The third kappa shape index (κ3) is 6.72. The SMILES string of the molecule is CCN(CC(=O)N(Cc1ccc(C2CCCCC2)cn1)c1ccccc1)[S+]([O-])c1cc(Cl)c(F)c(C#N)c1. The fourth-order valence-electron chi connectivity index (χ4n) is 4.72. The Morgan fingerprint density at radius 1 is 1.18 bits per heavy atom. The number of rotatable bonds is 9. The molecule has 2 aromatic carbocycles. The lowest BCUT2D eigenvalue weighted by Gasteiger charge is -2.27. The van der Waals surface area contributed by atoms with Crippen LogP contribution in [0, 0.1) is 17.1 Å². The van der Waals surface area contributed by atoms with Crippen LogP contribution >= 0.6 is 11.6 Å². The lowest BCUT2D eigenvalue weighted by Crippen LogP contribution is -2.42. The highest BCUT2D eigenvalue weighted by molar-refractivity contribution is 7.89. The summed E-state index contributed by atoms with van der Waals surface area (Å²) in [5.74, 6) is -0.573. The fraction of sp³-hybridized carbons (Fsp3) is 0.345. The number of para-hydroxylation sites is 1. The number of carbonyl (C=O) groups is 1. The van der Waals surface area contributed by atoms with Crippen molar-refractivity contribution in [2.75, 3.05) is 18.0 Å². The van der Waals surface area contributed by atoms with Crippen LogP contribution in [0.4, 0.5) is 10.1 Å². The van der Waals surface area contributed by atoms with Crippen molar-refractivity contribution in [1.29, 1.82) is 5.26 Å². The molecule has 9 heteroatoms. The van der Waals surface area contributed by atoms with Gasteiger partial charge in [0.2, 0.25) is 5.91 Å². The zero-order chi connectivity index (χ0) is 27.1. The Balaban J connectivity index is 1.53. The summed E-state index contributed by atoms with van der Waals surface area (Å²) in [6.45, 7) is 2.17. The lowest BCUT2D eigenvalue weighted by atomic mass is 9.85. The highest BCUT2D eigenvalue weighted by Gasteiger charge is 2.29. The maximum atomic E-state index is 14.0. The third-order valence-electron chi connectivity index (χ3n) is 6.84. The molecule has 1 atom stereocenters. The molecule has 38 heavy (non-hydrogen) atoms. The number of halogens is 2. The first-order chi connectivity index (χ1) is 18.4. The van der Waals surface area contributed by atoms with Gasteiger partial charge in [0.05, 0.1) is 34.2 Å². The van der Waals surface area contributed by atoms with Crippen LogP contribution in [0.5, 0.6) is 0 Å². The quantitative estimate of drug-likeness (QED) is 0.288. The van der Waals surface area contributed by atoms with Crippen LogP contribution < -0.4 is 4.90 Å². The van der Waals surface area contributed by atoms with E-state index in [1.807, 2.05) is 42.6 Å². The van der Waals surface area contributed by atoms with Crippen LogP contribution in [-0.4, -0.2) is 32.8 Å². The molecule has 1 heterocycles. The molecule has 0 N–H and O–H groups in total. The van der Waals surface area contributed by atoms with Gasteiger partial charge >= 0.3 is 0 Å². The van der Waals surface area contributed by atoms with Crippen LogP contribution in [0.3, 0.4) is 0 Å². The molecule has 1 unspecified atom stereocenters. The minimum atomic E-state index is -1.83. The van der Waals surface area contributed by atoms with Crippen molar-refractivity contribution in [1.82, 2.24) is 9.29 Å². The summed E-state index contributed by atoms with van der Waals surface area (Å²) < 4.78 is 28.8. The maximum Gasteiger partial charge on any atom is 0.246 e. The Morgan fingerprint density at radius 3 is 2.55 bits per heavy atom. The molecule has 1 aliphatic rings. The number of nitrogens with zero attached hydrogens (tertiary/aromatic N) is 4. The molecule has 1 saturated carbocycles. The van der Waals surface area contributed by atoms with Crippen LogP contribution in [0.2, 0.25) is 5.02 Å². The molecule has 0 aliphatic heterocycles. The molecular weight excluding hydrogens is 523 g/mol. The number of hydrogen-bond donors (Lipinski definition) is 0. The molecule has 0 spiro atoms. The first-order valence-electron chi connectivity index (χ1n) is 12.8. The van der Waals surface area contributed by atoms with Crippen LogP contribution in [0.15, 0.2) is 65.7 Å². The number of pyridine rings is 1. The van der Waals surface area contributed by atoms with E-state index >= 15 is 0 Å². The minimum Gasteiger partial charge on any atom is -0.593 e. The van der Waals surface area contributed by atoms with Gasteiger partial charge in [-0.25, -0.2) is 4.39 Å². The highest BCUT2D eigenvalue weighted by Crippen LogP contribution is 2.32. The number of hydrogen-bond acceptors (Lipinski definition) is 5. The molecule has 0 saturated heterocycles. The molecule has 3 aromatic rings. The van der Waals surface area contributed by atoms with E-state index in [0.29, 0.717) is 11.6 Å². The van der Waals surface area contributed by atoms with Crippen LogP contribution in [0.1, 0.15) is 61.8 Å². The monoisotopic (exact) mass is 552 g/mol. The van der Waals surface area contributed by atoms with E-state index in [-0.39, 0.29) is 41.0 Å². The number of carbonyl (C=O) groups excluding carboxylic acids is 1. The number of nitriles is 1. The van der Waals surface area contributed by atoms with Crippen LogP contribution in [0.25, 0.3) is 0 Å². The normalized spacial score (nSPS) is 14.7. The van der Waals surface area contributed by atoms with Gasteiger partial charge in [0.1, 0.15) is 12.6 Å². The van der Waals surface area contributed by atoms with Gasteiger partial charge in [-0.1, -0.05) is 55.1 Å². The molecule has 1 amide bonds. The van der Waals surface area contributed by atoms with Gasteiger partial charge in [0.15, 0.2) is 10.7 Å². The summed E-state index contributed by atoms with van der Waals surface area (Å²) in [4.78, 5) is 20.1. The third-order valence-corrected chi connectivity index (χ3v) is 8.61. The van der Waals surface area contributed by atoms with Gasteiger partial charge in [-0.15, -0.1) is 4.31 Å². The number of amides is 1. The van der Waals surface area contributed by atoms with E-state index in [1.165, 1.54) is 54.1 Å². The van der Waals surface area contributed by atoms with E-state index in [1.54, 1.807) is 17.9 Å². The Kier molecular flexibility index (Phi) is 9.75. The molecule has 1 fully saturated rings. The zero-order valence-electron chi connectivity index (χ0n) is 21.3. The van der Waals surface area contributed by atoms with Gasteiger partial charge in [0.25, 0.3) is 0 Å². The van der Waals surface area contributed by atoms with E-state index in [2.05, 4.69) is 11.1 Å². The molecule has 1 aliphatic carbocycles. The molecule has 0 radical (unpaired) electrons. The predicted molar refractivity (Wildman–Crippen MR) is 147 cm³/mol. The first-order valence-corrected chi connectivity index (χ1v) is 14.3. The van der Waals surface area contributed by atoms with Crippen molar-refractivity contribution in [3.63, 3.8) is 0 Å². The van der Waals surface area contributed by atoms with E-state index in [9.17, 15) is 19.0 Å². The van der Waals surface area contributed by atoms with E-state index in [4.69, 9.17) is 11.6 Å². The minimum absolute atomic E-state index is 0.158. The second-order valence-corrected chi connectivity index (χ2v) is 11.2. The Bertz CT molecular complexity index is 1280. The molecule has 4 rings (SSSR count). The van der Waals surface area contributed by atoms with Gasteiger partial charge in [-0.2, -0.15) is 5.26 Å². The van der Waals surface area contributed by atoms with Gasteiger partial charge < -0.3 is 9.45 Å². The standard InChI is InChI=1S/C29H30ClFN4O2S/c1-2-34(38(37)26-15-23(17-32)29(31)27(30)16-26)20-28(36)35(25-11-7-4-8-12-25)19-24-14-13-22(18-33-24)21-9-5-3-6-10-21/h4,7-8,11-16,18,21H,2-3,5-6,9-10,19-20H2,1H3. The number of benzene rings is 2. The zero-order valence-corrected chi connectivity index (χ0v) is 22.8. The summed E-state index contributed by atoms with van der Waals surface area (Å²) in [5, 5.41) is 8.90. The van der Waals surface area contributed by atoms with Crippen molar-refractivity contribution in [3.05, 3.63) is 88.5 Å². The summed E-state index contributed by atoms with van der Waals surface area (Å²) in [7, 11) is 0. The molecule has 198 valence electrons. The topological polar surface area (TPSA) is 83.3 Å². The summed E-state index contributed by atoms with van der Waals surface area (Å²) in [6.07, 6.45) is 8.10. The average Bonchev–Trinajstić information content (AvgIpc) is 2.96. The van der Waals surface area contributed by atoms with Crippen molar-refractivity contribution in [2.24, 2.45) is 0 Å². The van der Waals surface area contributed by atoms with Crippen molar-refractivity contribution >= 4 is 34.6 Å². The second-order valence-electron chi connectivity index (χ2n) is 9.32. The number of likely N-dealkylation sites (N-methyl/N-ethyl adjacent to an activating group) is 1. The van der Waals surface area contributed by atoms with Gasteiger partial charge in [-0.05, 0) is 49.4 Å². The lowest BCUT2D eigenvalue weighted by molar-refractivity contribution is -0.119. The van der Waals surface area contributed by atoms with E-state index in [0.717, 1.165) is 5.69 Å². The van der Waals surface area contributed by atoms with Crippen molar-refractivity contribution in [2.45, 2.75) is 56.4 Å². The average molecular weight is 553 g/mol. The second kappa shape index (κ2) is 13.2. The van der Waals surface area contributed by atoms with Gasteiger partial charge in [0, 0.05) is 30.6 Å². The molecular formula is C29H30ClFN4O2S. The Morgan fingerprint density at radius 2 is 1.92 bits per heavy atom. The predicted octanol–water partition coefficient (Wildman–Crippen LogP) is 6.37. The number of aromatic nitrogens is 1. The molecule has 1 aromatic heterocycles. The maximum absolute atomic E-state index is 14.0. The van der Waals surface area contributed by atoms with Crippen molar-refractivity contribution in [3.8, 4) is 6.07 Å². The summed E-state index contributed by atoms with van der Waals surface area (Å²) in [5.41, 5.74) is 2.41. The Hall–Kier alpha value is -2.96. The molecule has 6 nitrogen and oxygen atoms in total. The van der Waals surface area contributed by atoms with Crippen LogP contribution in [-0.2, 0) is 22.7 Å². The van der Waals surface area contributed by atoms with Gasteiger partial charge in [-0.3, -0.25) is 9.78 Å². The first kappa shape index (κ1) is 28.1. The highest BCUT2D eigenvalue weighted by atomic mass is 35.5. The summed E-state index contributed by atoms with van der Waals surface area (Å²) in [6, 6.07) is 17.5. The van der Waals surface area contributed by atoms with E-state index < -0.39 is 17.2 Å². The summed E-state index contributed by atoms with van der Waals surface area (Å²) >= 11 is 4.09.